The van der Waals surface area contributed by atoms with Crippen LogP contribution < -0.4 is 11.3 Å². The molecular weight excluding hydrogens is 216 g/mol. The Morgan fingerprint density at radius 3 is 2.71 bits per heavy atom. The van der Waals surface area contributed by atoms with Gasteiger partial charge >= 0.3 is 0 Å². The number of hydrogen-bond acceptors (Lipinski definition) is 2. The van der Waals surface area contributed by atoms with E-state index < -0.39 is 5.91 Å². The fourth-order valence-electron chi connectivity index (χ4n) is 2.04. The molecule has 0 bridgehead atoms. The summed E-state index contributed by atoms with van der Waals surface area (Å²) in [6.45, 7) is 2.03. The summed E-state index contributed by atoms with van der Waals surface area (Å²) < 4.78 is 1.47. The number of nitrogens with two attached hydrogens (primary N) is 1. The lowest BCUT2D eigenvalue weighted by Crippen LogP contribution is -2.28. The number of hydrogen-bond donors (Lipinski definition) is 1. The molecule has 1 amide bonds. The number of amides is 1. The van der Waals surface area contributed by atoms with Crippen molar-refractivity contribution in [3.05, 3.63) is 45.7 Å². The Morgan fingerprint density at radius 1 is 1.41 bits per heavy atom. The zero-order valence-electron chi connectivity index (χ0n) is 9.86. The van der Waals surface area contributed by atoms with Crippen molar-refractivity contribution in [2.75, 3.05) is 0 Å². The molecule has 88 valence electrons. The van der Waals surface area contributed by atoms with Gasteiger partial charge in [0.2, 0.25) is 0 Å². The Hall–Kier alpha value is -2.10. The second-order valence-electron chi connectivity index (χ2n) is 3.99. The van der Waals surface area contributed by atoms with Crippen LogP contribution in [0.1, 0.15) is 22.8 Å². The van der Waals surface area contributed by atoms with E-state index in [1.54, 1.807) is 13.1 Å². The van der Waals surface area contributed by atoms with E-state index in [4.69, 9.17) is 5.73 Å². The Balaban J connectivity index is 2.96. The van der Waals surface area contributed by atoms with Crippen LogP contribution in [0, 0.1) is 0 Å². The van der Waals surface area contributed by atoms with Gasteiger partial charge in [0.25, 0.3) is 11.5 Å². The highest BCUT2D eigenvalue weighted by Crippen LogP contribution is 2.18. The molecule has 4 heteroatoms. The van der Waals surface area contributed by atoms with Crippen LogP contribution in [0.3, 0.4) is 0 Å². The minimum absolute atomic E-state index is 0.0425. The maximum atomic E-state index is 11.9. The van der Waals surface area contributed by atoms with Gasteiger partial charge in [-0.15, -0.1) is 0 Å². The Labute approximate surface area is 98.7 Å². The number of nitrogens with zero attached hydrogens (tertiary/aromatic N) is 1. The first-order chi connectivity index (χ1) is 8.06. The Morgan fingerprint density at radius 2 is 2.12 bits per heavy atom. The van der Waals surface area contributed by atoms with Crippen molar-refractivity contribution < 1.29 is 4.79 Å². The number of aromatic nitrogens is 1. The van der Waals surface area contributed by atoms with Crippen molar-refractivity contribution in [2.24, 2.45) is 12.8 Å². The molecule has 0 aliphatic carbocycles. The first kappa shape index (κ1) is 11.4. The monoisotopic (exact) mass is 230 g/mol. The van der Waals surface area contributed by atoms with Crippen LogP contribution in [-0.2, 0) is 13.5 Å². The van der Waals surface area contributed by atoms with E-state index in [0.29, 0.717) is 0 Å². The quantitative estimate of drug-likeness (QED) is 0.842. The third-order valence-electron chi connectivity index (χ3n) is 3.00. The zero-order chi connectivity index (χ0) is 12.6. The van der Waals surface area contributed by atoms with Gasteiger partial charge in [0.15, 0.2) is 0 Å². The fraction of sp³-hybridized carbons (Fsp3) is 0.231. The Bertz CT molecular complexity index is 656. The van der Waals surface area contributed by atoms with Crippen molar-refractivity contribution in [2.45, 2.75) is 13.3 Å². The third-order valence-corrected chi connectivity index (χ3v) is 3.00. The van der Waals surface area contributed by atoms with E-state index in [1.165, 1.54) is 4.57 Å². The summed E-state index contributed by atoms with van der Waals surface area (Å²) in [7, 11) is 1.65. The highest BCUT2D eigenvalue weighted by atomic mass is 16.2. The van der Waals surface area contributed by atoms with Crippen molar-refractivity contribution in [3.63, 3.8) is 0 Å². The summed E-state index contributed by atoms with van der Waals surface area (Å²) in [6.07, 6.45) is 0.841. The predicted molar refractivity (Wildman–Crippen MR) is 67.1 cm³/mol. The molecule has 0 fully saturated rings. The smallest absolute Gasteiger partial charge is 0.263 e. The van der Waals surface area contributed by atoms with Crippen molar-refractivity contribution in [1.29, 1.82) is 0 Å². The number of benzene rings is 1. The maximum absolute atomic E-state index is 11.9. The highest BCUT2D eigenvalue weighted by molar-refractivity contribution is 5.97. The molecule has 1 heterocycles. The van der Waals surface area contributed by atoms with Gasteiger partial charge in [-0.25, -0.2) is 0 Å². The van der Waals surface area contributed by atoms with E-state index in [-0.39, 0.29) is 11.1 Å². The molecule has 17 heavy (non-hydrogen) atoms. The van der Waals surface area contributed by atoms with E-state index in [9.17, 15) is 9.59 Å². The van der Waals surface area contributed by atoms with E-state index in [2.05, 4.69) is 0 Å². The van der Waals surface area contributed by atoms with Crippen molar-refractivity contribution in [1.82, 2.24) is 4.57 Å². The number of carbonyl (C=O) groups is 1. The molecule has 0 aliphatic rings. The third kappa shape index (κ3) is 1.71. The Kier molecular flexibility index (Phi) is 2.71. The summed E-state index contributed by atoms with van der Waals surface area (Å²) in [6, 6.07) is 7.35. The molecule has 0 aliphatic heterocycles. The second kappa shape index (κ2) is 4.05. The fourth-order valence-corrected chi connectivity index (χ4v) is 2.04. The SMILES string of the molecule is CCc1cccc2c1cc(C(N)=O)c(=O)n2C. The van der Waals surface area contributed by atoms with Gasteiger partial charge in [-0.3, -0.25) is 9.59 Å². The zero-order valence-corrected chi connectivity index (χ0v) is 9.86. The number of rotatable bonds is 2. The summed E-state index contributed by atoms with van der Waals surface area (Å²) in [4.78, 5) is 23.1. The van der Waals surface area contributed by atoms with Gasteiger partial charge in [-0.05, 0) is 24.1 Å². The molecule has 1 aromatic heterocycles. The van der Waals surface area contributed by atoms with Gasteiger partial charge in [0.1, 0.15) is 5.56 Å². The van der Waals surface area contributed by atoms with Crippen LogP contribution in [0.5, 0.6) is 0 Å². The number of carbonyl (C=O) groups excluding carboxylic acids is 1. The first-order valence-electron chi connectivity index (χ1n) is 5.47. The second-order valence-corrected chi connectivity index (χ2v) is 3.99. The lowest BCUT2D eigenvalue weighted by Gasteiger charge is -2.09. The van der Waals surface area contributed by atoms with Gasteiger partial charge in [0.05, 0.1) is 5.52 Å². The highest BCUT2D eigenvalue weighted by Gasteiger charge is 2.12. The average Bonchev–Trinajstić information content (AvgIpc) is 2.32. The van der Waals surface area contributed by atoms with Crippen LogP contribution >= 0.6 is 0 Å². The summed E-state index contributed by atoms with van der Waals surface area (Å²) in [5.41, 5.74) is 6.82. The van der Waals surface area contributed by atoms with Crippen molar-refractivity contribution in [3.8, 4) is 0 Å². The lowest BCUT2D eigenvalue weighted by molar-refractivity contribution is 0.0998. The van der Waals surface area contributed by atoms with E-state index in [1.807, 2.05) is 25.1 Å². The normalized spacial score (nSPS) is 10.7. The lowest BCUT2D eigenvalue weighted by atomic mass is 10.0. The standard InChI is InChI=1S/C13H14N2O2/c1-3-8-5-4-6-11-9(8)7-10(12(14)16)13(17)15(11)2/h4-7H,3H2,1-2H3,(H2,14,16). The minimum Gasteiger partial charge on any atom is -0.365 e. The van der Waals surface area contributed by atoms with Crippen LogP contribution in [-0.4, -0.2) is 10.5 Å². The summed E-state index contributed by atoms with van der Waals surface area (Å²) in [5.74, 6) is -0.682. The van der Waals surface area contributed by atoms with Crippen LogP contribution in [0.4, 0.5) is 0 Å². The van der Waals surface area contributed by atoms with Gasteiger partial charge < -0.3 is 10.3 Å². The van der Waals surface area contributed by atoms with Crippen LogP contribution in [0.15, 0.2) is 29.1 Å². The minimum atomic E-state index is -0.682. The molecule has 0 radical (unpaired) electrons. The molecule has 2 N–H and O–H groups in total. The number of fused-ring (bicyclic) bond motifs is 1. The molecule has 0 saturated heterocycles. The molecule has 0 atom stereocenters. The van der Waals surface area contributed by atoms with E-state index >= 15 is 0 Å². The molecule has 2 rings (SSSR count). The largest absolute Gasteiger partial charge is 0.365 e. The molecule has 0 saturated carbocycles. The molecule has 0 spiro atoms. The molecule has 2 aromatic rings. The molecular formula is C13H14N2O2. The van der Waals surface area contributed by atoms with Crippen LogP contribution in [0.2, 0.25) is 0 Å². The molecule has 0 unspecified atom stereocenters. The summed E-state index contributed by atoms with van der Waals surface area (Å²) >= 11 is 0. The first-order valence-corrected chi connectivity index (χ1v) is 5.47. The summed E-state index contributed by atoms with van der Waals surface area (Å²) in [5, 5.41) is 0.908. The van der Waals surface area contributed by atoms with Gasteiger partial charge in [-0.1, -0.05) is 19.1 Å². The number of primary amides is 1. The predicted octanol–water partition coefficient (Wildman–Crippen LogP) is 1.20. The molecule has 4 nitrogen and oxygen atoms in total. The van der Waals surface area contributed by atoms with Crippen LogP contribution in [0.25, 0.3) is 10.9 Å². The number of pyridine rings is 1. The average molecular weight is 230 g/mol. The number of aryl methyl sites for hydroxylation is 2. The van der Waals surface area contributed by atoms with Gasteiger partial charge in [-0.2, -0.15) is 0 Å². The van der Waals surface area contributed by atoms with Crippen molar-refractivity contribution >= 4 is 16.8 Å². The topological polar surface area (TPSA) is 65.1 Å². The van der Waals surface area contributed by atoms with Gasteiger partial charge in [0, 0.05) is 12.4 Å². The maximum Gasteiger partial charge on any atom is 0.263 e. The van der Waals surface area contributed by atoms with E-state index in [0.717, 1.165) is 22.9 Å². The molecule has 1 aromatic carbocycles.